The van der Waals surface area contributed by atoms with E-state index >= 15 is 0 Å². The average molecular weight is 306 g/mol. The van der Waals surface area contributed by atoms with E-state index in [1.165, 1.54) is 23.1 Å². The third-order valence-corrected chi connectivity index (χ3v) is 8.31. The second-order valence-electron chi connectivity index (χ2n) is 4.79. The van der Waals surface area contributed by atoms with Gasteiger partial charge in [-0.05, 0) is 0 Å². The van der Waals surface area contributed by atoms with Crippen molar-refractivity contribution in [3.05, 3.63) is 80.1 Å². The smallest absolute Gasteiger partial charge is 0.147 e. The third kappa shape index (κ3) is 3.60. The molecule has 0 atom stereocenters. The fourth-order valence-electron chi connectivity index (χ4n) is 2.58. The SMILES string of the molecule is C1=CC[C]([Ti]([CH2]c2ccccc2)[C]2=CC=CC2)=C1.Cl. The van der Waals surface area contributed by atoms with Gasteiger partial charge in [0.1, 0.15) is 0 Å². The molecule has 0 nitrogen and oxygen atoms in total. The fraction of sp³-hybridized carbons (Fsp3) is 0.176. The Morgan fingerprint density at radius 1 is 0.842 bits per heavy atom. The van der Waals surface area contributed by atoms with E-state index in [2.05, 4.69) is 66.8 Å². The Kier molecular flexibility index (Phi) is 5.45. The summed E-state index contributed by atoms with van der Waals surface area (Å²) in [7, 11) is 0. The monoisotopic (exact) mass is 305 g/mol. The molecule has 19 heavy (non-hydrogen) atoms. The van der Waals surface area contributed by atoms with Crippen LogP contribution in [0.3, 0.4) is 0 Å². The first-order chi connectivity index (χ1) is 8.93. The molecule has 0 N–H and O–H groups in total. The molecular weight excluding hydrogens is 288 g/mol. The minimum absolute atomic E-state index is 0. The van der Waals surface area contributed by atoms with Gasteiger partial charge in [-0.2, -0.15) is 0 Å². The molecule has 0 radical (unpaired) electrons. The predicted molar refractivity (Wildman–Crippen MR) is 81.1 cm³/mol. The van der Waals surface area contributed by atoms with Gasteiger partial charge in [-0.3, -0.25) is 0 Å². The van der Waals surface area contributed by atoms with Gasteiger partial charge in [0.25, 0.3) is 0 Å². The van der Waals surface area contributed by atoms with E-state index in [4.69, 9.17) is 0 Å². The Hall–Kier alpha value is -0.816. The standard InChI is InChI=1S/C7H7.2C5H5.ClH.Ti/c1-7-5-3-2-4-6-7;2*1-2-4-5-3-1;;/h2-6H,1H2;2*1-3H,4H2;1H;. The van der Waals surface area contributed by atoms with Crippen molar-refractivity contribution >= 4 is 12.4 Å². The molecule has 0 spiro atoms. The van der Waals surface area contributed by atoms with Crippen LogP contribution in [0.25, 0.3) is 0 Å². The van der Waals surface area contributed by atoms with Gasteiger partial charge in [-0.1, -0.05) is 0 Å². The summed E-state index contributed by atoms with van der Waals surface area (Å²) >= 11 is -1.28. The van der Waals surface area contributed by atoms with Crippen LogP contribution in [0.15, 0.2) is 74.5 Å². The molecule has 0 aliphatic heterocycles. The molecule has 1 aromatic rings. The first-order valence-corrected chi connectivity index (χ1v) is 9.22. The molecule has 3 rings (SSSR count). The summed E-state index contributed by atoms with van der Waals surface area (Å²) < 4.78 is 4.75. The number of hydrogen-bond donors (Lipinski definition) is 0. The summed E-state index contributed by atoms with van der Waals surface area (Å²) in [4.78, 5) is 0. The maximum atomic E-state index is 2.37. The molecule has 2 aliphatic carbocycles. The van der Waals surface area contributed by atoms with Gasteiger partial charge >= 0.3 is 116 Å². The van der Waals surface area contributed by atoms with Gasteiger partial charge in [0.05, 0.1) is 0 Å². The topological polar surface area (TPSA) is 0 Å². The first kappa shape index (κ1) is 14.6. The van der Waals surface area contributed by atoms with Crippen molar-refractivity contribution in [1.82, 2.24) is 0 Å². The van der Waals surface area contributed by atoms with Crippen LogP contribution in [-0.4, -0.2) is 0 Å². The second-order valence-corrected chi connectivity index (χ2v) is 8.84. The normalized spacial score (nSPS) is 16.0. The summed E-state index contributed by atoms with van der Waals surface area (Å²) in [5, 5.41) is 0. The maximum Gasteiger partial charge on any atom is -0.147 e. The van der Waals surface area contributed by atoms with Crippen molar-refractivity contribution in [1.29, 1.82) is 0 Å². The van der Waals surface area contributed by atoms with Crippen LogP contribution in [0.4, 0.5) is 0 Å². The molecule has 0 bridgehead atoms. The fourth-order valence-corrected chi connectivity index (χ4v) is 7.00. The summed E-state index contributed by atoms with van der Waals surface area (Å²) in [5.41, 5.74) is 1.51. The van der Waals surface area contributed by atoms with Gasteiger partial charge in [0, 0.05) is 0 Å². The van der Waals surface area contributed by atoms with Crippen molar-refractivity contribution in [3.8, 4) is 0 Å². The second kappa shape index (κ2) is 7.10. The summed E-state index contributed by atoms with van der Waals surface area (Å²) in [5.74, 6) is 0. The third-order valence-electron chi connectivity index (χ3n) is 3.54. The first-order valence-electron chi connectivity index (χ1n) is 6.55. The van der Waals surface area contributed by atoms with Gasteiger partial charge in [-0.25, -0.2) is 0 Å². The van der Waals surface area contributed by atoms with E-state index in [0.29, 0.717) is 0 Å². The molecule has 0 amide bonds. The van der Waals surface area contributed by atoms with Crippen molar-refractivity contribution in [3.63, 3.8) is 0 Å². The Morgan fingerprint density at radius 3 is 1.89 bits per heavy atom. The van der Waals surface area contributed by atoms with Crippen LogP contribution in [-0.2, 0) is 22.6 Å². The van der Waals surface area contributed by atoms with E-state index in [1.807, 2.05) is 0 Å². The number of halogens is 1. The Morgan fingerprint density at radius 2 is 1.42 bits per heavy atom. The number of allylic oxidation sites excluding steroid dienone is 8. The molecule has 0 heterocycles. The Labute approximate surface area is 127 Å². The number of rotatable bonds is 4. The average Bonchev–Trinajstić information content (AvgIpc) is 3.11. The molecule has 0 unspecified atom stereocenters. The van der Waals surface area contributed by atoms with Gasteiger partial charge in [0.2, 0.25) is 0 Å². The van der Waals surface area contributed by atoms with E-state index in [-0.39, 0.29) is 12.4 Å². The quantitative estimate of drug-likeness (QED) is 0.693. The van der Waals surface area contributed by atoms with E-state index < -0.39 is 17.9 Å². The Balaban J connectivity index is 0.00000133. The molecule has 0 saturated carbocycles. The maximum absolute atomic E-state index is 2.37. The molecule has 0 aromatic heterocycles. The van der Waals surface area contributed by atoms with Crippen molar-refractivity contribution < 1.29 is 17.9 Å². The van der Waals surface area contributed by atoms with E-state index in [0.717, 1.165) is 0 Å². The zero-order chi connectivity index (χ0) is 12.2. The van der Waals surface area contributed by atoms with Crippen molar-refractivity contribution in [2.75, 3.05) is 0 Å². The van der Waals surface area contributed by atoms with Crippen LogP contribution in [0.5, 0.6) is 0 Å². The predicted octanol–water partition coefficient (Wildman–Crippen LogP) is 4.91. The van der Waals surface area contributed by atoms with Crippen molar-refractivity contribution in [2.24, 2.45) is 0 Å². The summed E-state index contributed by atoms with van der Waals surface area (Å²) in [6.45, 7) is 0. The van der Waals surface area contributed by atoms with Crippen LogP contribution in [0, 0.1) is 0 Å². The molecular formula is C17H18ClTi. The zero-order valence-corrected chi connectivity index (χ0v) is 13.3. The summed E-state index contributed by atoms with van der Waals surface area (Å²) in [6.07, 6.45) is 16.2. The molecule has 0 fully saturated rings. The van der Waals surface area contributed by atoms with Gasteiger partial charge < -0.3 is 0 Å². The van der Waals surface area contributed by atoms with Crippen molar-refractivity contribution in [2.45, 2.75) is 17.6 Å². The Bertz CT molecular complexity index is 508. The number of benzene rings is 1. The molecule has 1 aromatic carbocycles. The minimum atomic E-state index is -1.28. The zero-order valence-electron chi connectivity index (χ0n) is 10.9. The van der Waals surface area contributed by atoms with Crippen LogP contribution in [0.2, 0.25) is 0 Å². The number of hydrogen-bond acceptors (Lipinski definition) is 0. The largest absolute Gasteiger partial charge is 0.147 e. The van der Waals surface area contributed by atoms with E-state index in [9.17, 15) is 0 Å². The van der Waals surface area contributed by atoms with Gasteiger partial charge in [-0.15, -0.1) is 12.4 Å². The molecule has 97 valence electrons. The summed E-state index contributed by atoms with van der Waals surface area (Å²) in [6, 6.07) is 11.0. The van der Waals surface area contributed by atoms with Crippen LogP contribution in [0.1, 0.15) is 18.4 Å². The van der Waals surface area contributed by atoms with E-state index in [1.54, 1.807) is 7.76 Å². The van der Waals surface area contributed by atoms with Gasteiger partial charge in [0.15, 0.2) is 0 Å². The van der Waals surface area contributed by atoms with Crippen LogP contribution >= 0.6 is 12.4 Å². The molecule has 2 aliphatic rings. The molecule has 0 saturated heterocycles. The molecule has 2 heteroatoms. The van der Waals surface area contributed by atoms with Crippen LogP contribution < -0.4 is 0 Å². The minimum Gasteiger partial charge on any atom is -0.147 e.